The van der Waals surface area contributed by atoms with E-state index in [1.165, 1.54) is 4.90 Å². The predicted octanol–water partition coefficient (Wildman–Crippen LogP) is 12.1. The first-order valence-corrected chi connectivity index (χ1v) is 29.0. The summed E-state index contributed by atoms with van der Waals surface area (Å²) in [4.78, 5) is 77.1. The van der Waals surface area contributed by atoms with Crippen LogP contribution in [-0.4, -0.2) is 72.1 Å². The van der Waals surface area contributed by atoms with Gasteiger partial charge in [0.1, 0.15) is 25.0 Å². The van der Waals surface area contributed by atoms with Gasteiger partial charge in [0, 0.05) is 46.4 Å². The molecular formula is C70H61N5O12. The Morgan fingerprint density at radius 2 is 1.40 bits per heavy atom. The summed E-state index contributed by atoms with van der Waals surface area (Å²) < 4.78 is 41.7. The number of ether oxygens (including phenoxy) is 7. The highest BCUT2D eigenvalue weighted by Gasteiger charge is 2.51. The lowest BCUT2D eigenvalue weighted by atomic mass is 9.77. The quantitative estimate of drug-likeness (QED) is 0.0356. The van der Waals surface area contributed by atoms with Gasteiger partial charge in [0.15, 0.2) is 17.6 Å². The van der Waals surface area contributed by atoms with Gasteiger partial charge in [-0.05, 0) is 108 Å². The van der Waals surface area contributed by atoms with E-state index in [4.69, 9.17) is 38.1 Å². The van der Waals surface area contributed by atoms with Gasteiger partial charge in [-0.15, -0.1) is 0 Å². The molecule has 2 amide bonds. The number of esters is 1. The van der Waals surface area contributed by atoms with Gasteiger partial charge in [-0.3, -0.25) is 19.8 Å². The lowest BCUT2D eigenvalue weighted by Gasteiger charge is -2.37. The van der Waals surface area contributed by atoms with Crippen molar-refractivity contribution in [3.63, 3.8) is 0 Å². The number of nitrogens with one attached hydrogen (secondary N) is 2. The molecule has 0 fully saturated rings. The van der Waals surface area contributed by atoms with Crippen LogP contribution in [-0.2, 0) is 59.4 Å². The van der Waals surface area contributed by atoms with Gasteiger partial charge in [0.25, 0.3) is 5.56 Å². The number of carbonyl (C=O) groups excluding carboxylic acids is 4. The number of fused-ring (bicyclic) bond motifs is 9. The number of methoxy groups -OCH3 is 1. The van der Waals surface area contributed by atoms with E-state index < -0.39 is 53.0 Å². The molecule has 7 aromatic carbocycles. The highest BCUT2D eigenvalue weighted by atomic mass is 16.7. The van der Waals surface area contributed by atoms with Crippen LogP contribution in [0.5, 0.6) is 17.2 Å². The van der Waals surface area contributed by atoms with Crippen LogP contribution in [0.2, 0.25) is 0 Å². The number of cyclic esters (lactones) is 1. The highest BCUT2D eigenvalue weighted by Crippen LogP contribution is 2.47. The highest BCUT2D eigenvalue weighted by molar-refractivity contribution is 5.97. The summed E-state index contributed by atoms with van der Waals surface area (Å²) in [6.07, 6.45) is -1.09. The molecule has 2 aromatic heterocycles. The van der Waals surface area contributed by atoms with Crippen molar-refractivity contribution in [2.45, 2.75) is 75.7 Å². The Bertz CT molecular complexity index is 4110. The Hall–Kier alpha value is -10.3. The van der Waals surface area contributed by atoms with Gasteiger partial charge in [0.05, 0.1) is 41.7 Å². The van der Waals surface area contributed by atoms with Crippen molar-refractivity contribution >= 4 is 40.7 Å². The summed E-state index contributed by atoms with van der Waals surface area (Å²) >= 11 is 0. The second-order valence-corrected chi connectivity index (χ2v) is 22.0. The second-order valence-electron chi connectivity index (χ2n) is 22.0. The number of unbranched alkanes of at least 4 members (excludes halogenated alkanes) is 1. The van der Waals surface area contributed by atoms with E-state index in [1.54, 1.807) is 62.0 Å². The van der Waals surface area contributed by atoms with E-state index in [1.807, 2.05) is 109 Å². The molecular weight excluding hydrogens is 1100 g/mol. The van der Waals surface area contributed by atoms with Crippen molar-refractivity contribution in [1.82, 2.24) is 19.8 Å². The zero-order valence-electron chi connectivity index (χ0n) is 48.1. The fourth-order valence-electron chi connectivity index (χ4n) is 12.6. The maximum atomic E-state index is 14.7. The molecule has 0 bridgehead atoms. The number of pyridine rings is 2. The molecule has 2 atom stereocenters. The van der Waals surface area contributed by atoms with Crippen LogP contribution in [0.15, 0.2) is 187 Å². The molecule has 2 N–H and O–H groups in total. The summed E-state index contributed by atoms with van der Waals surface area (Å²) in [7, 11) is 3.24. The SMILES string of the molecule is CC[C@@]1(OC(=O)OCc2ccc(NC(=O)[C@H](CCCCNC(c3ccccc3)(c3ccccc3)c3ccc(OC)cc3)N(C)C(=O)OC3c4ccccc4-c4ccccc43)cc2)C(=O)OCc2c1cc1n(c2=O)Cc2cc3cc4c(cc3nc2-1)OCO4. The average Bonchev–Trinajstić information content (AvgIpc) is 1.74. The van der Waals surface area contributed by atoms with E-state index in [9.17, 15) is 24.0 Å². The summed E-state index contributed by atoms with van der Waals surface area (Å²) in [5.74, 6) is 0.648. The number of amides is 2. The van der Waals surface area contributed by atoms with Crippen LogP contribution < -0.4 is 30.4 Å². The van der Waals surface area contributed by atoms with Crippen LogP contribution >= 0.6 is 0 Å². The summed E-state index contributed by atoms with van der Waals surface area (Å²) in [6, 6.07) is 57.3. The molecule has 438 valence electrons. The Morgan fingerprint density at radius 1 is 0.759 bits per heavy atom. The van der Waals surface area contributed by atoms with Crippen molar-refractivity contribution < 1.29 is 52.3 Å². The van der Waals surface area contributed by atoms with E-state index in [0.717, 1.165) is 55.6 Å². The fraction of sp³-hybridized carbons (Fsp3) is 0.229. The largest absolute Gasteiger partial charge is 0.510 e. The molecule has 1 aliphatic carbocycles. The minimum atomic E-state index is -2.00. The molecule has 0 saturated heterocycles. The predicted molar refractivity (Wildman–Crippen MR) is 324 cm³/mol. The van der Waals surface area contributed by atoms with Crippen molar-refractivity contribution in [3.05, 3.63) is 242 Å². The molecule has 17 nitrogen and oxygen atoms in total. The smallest absolute Gasteiger partial charge is 0.497 e. The third-order valence-corrected chi connectivity index (χ3v) is 17.1. The Labute approximate surface area is 501 Å². The number of likely N-dealkylation sites (N-methyl/N-ethyl adjacent to an activating group) is 1. The molecule has 3 aliphatic heterocycles. The molecule has 5 heterocycles. The molecule has 0 saturated carbocycles. The summed E-state index contributed by atoms with van der Waals surface area (Å²) in [5, 5.41) is 7.77. The van der Waals surface area contributed by atoms with E-state index >= 15 is 0 Å². The van der Waals surface area contributed by atoms with Crippen LogP contribution in [0.4, 0.5) is 15.3 Å². The first kappa shape index (κ1) is 55.9. The normalized spacial score (nSPS) is 15.5. The van der Waals surface area contributed by atoms with Crippen molar-refractivity contribution in [2.75, 3.05) is 32.8 Å². The van der Waals surface area contributed by atoms with Gasteiger partial charge < -0.3 is 43.0 Å². The van der Waals surface area contributed by atoms with Gasteiger partial charge >= 0.3 is 18.2 Å². The number of benzene rings is 7. The van der Waals surface area contributed by atoms with Gasteiger partial charge in [0.2, 0.25) is 18.3 Å². The van der Waals surface area contributed by atoms with Gasteiger partial charge in [-0.2, -0.15) is 0 Å². The molecule has 0 spiro atoms. The summed E-state index contributed by atoms with van der Waals surface area (Å²) in [6.45, 7) is 1.98. The lowest BCUT2D eigenvalue weighted by molar-refractivity contribution is -0.175. The Kier molecular flexibility index (Phi) is 15.0. The Morgan fingerprint density at radius 3 is 2.07 bits per heavy atom. The van der Waals surface area contributed by atoms with Gasteiger partial charge in [-0.25, -0.2) is 19.4 Å². The van der Waals surface area contributed by atoms with Crippen molar-refractivity contribution in [1.29, 1.82) is 0 Å². The van der Waals surface area contributed by atoms with Crippen molar-refractivity contribution in [3.8, 4) is 39.8 Å². The van der Waals surface area contributed by atoms with E-state index in [2.05, 4.69) is 47.0 Å². The number of hydrogen-bond acceptors (Lipinski definition) is 14. The minimum Gasteiger partial charge on any atom is -0.497 e. The Balaban J connectivity index is 0.706. The number of aromatic nitrogens is 2. The minimum absolute atomic E-state index is 0.0617. The molecule has 17 heteroatoms. The van der Waals surface area contributed by atoms with Crippen LogP contribution in [0.1, 0.15) is 88.8 Å². The number of carbonyl (C=O) groups is 4. The first-order valence-electron chi connectivity index (χ1n) is 29.0. The number of hydrogen-bond donors (Lipinski definition) is 2. The third kappa shape index (κ3) is 10.2. The summed E-state index contributed by atoms with van der Waals surface area (Å²) in [5.41, 5.74) is 7.47. The average molecular weight is 1160 g/mol. The van der Waals surface area contributed by atoms with E-state index in [0.29, 0.717) is 65.5 Å². The monoisotopic (exact) mass is 1160 g/mol. The maximum absolute atomic E-state index is 14.7. The molecule has 0 radical (unpaired) electrons. The van der Waals surface area contributed by atoms with Crippen LogP contribution in [0.25, 0.3) is 33.4 Å². The van der Waals surface area contributed by atoms with E-state index in [-0.39, 0.29) is 44.1 Å². The topological polar surface area (TPSA) is 195 Å². The molecule has 13 rings (SSSR count). The second kappa shape index (κ2) is 23.3. The molecule has 4 aliphatic rings. The number of rotatable bonds is 18. The lowest BCUT2D eigenvalue weighted by Crippen LogP contribution is -2.47. The zero-order valence-corrected chi connectivity index (χ0v) is 48.1. The standard InChI is InChI=1S/C70H61N5O12/c1-4-69(56-37-59-62-45(39-75(59)65(77)55(56)41-82-66(69)78)35-44-36-60-61(85-42-84-60)38-57(44)73-62)87-68(80)83-40-43-26-30-49(31-27-43)72-64(76)58(74(2)67(79)86-63-53-23-13-11-21-51(53)52-22-12-14-24-54(52)63)25-15-16-34-71-70(46-17-7-5-8-18-46,47-19-9-6-10-20-47)48-28-32-50(81-3)33-29-48/h5-14,17-24,26-33,35-38,58,63,71H,4,15-16,25,34,39-42H2,1-3H3,(H,72,76)/t58-,69-/m0/s1. The molecule has 0 unspecified atom stereocenters. The van der Waals surface area contributed by atoms with Gasteiger partial charge in [-0.1, -0.05) is 140 Å². The molecule has 9 aromatic rings. The number of anilines is 1. The zero-order chi connectivity index (χ0) is 59.8. The molecule has 87 heavy (non-hydrogen) atoms. The number of nitrogens with zero attached hydrogens (tertiary/aromatic N) is 3. The van der Waals surface area contributed by atoms with Crippen LogP contribution in [0, 0.1) is 0 Å². The fourth-order valence-corrected chi connectivity index (χ4v) is 12.6. The van der Waals surface area contributed by atoms with Crippen molar-refractivity contribution in [2.24, 2.45) is 0 Å². The third-order valence-electron chi connectivity index (χ3n) is 17.1. The first-order chi connectivity index (χ1) is 42.5. The van der Waals surface area contributed by atoms with Crippen LogP contribution in [0.3, 0.4) is 0 Å². The maximum Gasteiger partial charge on any atom is 0.510 e.